The Bertz CT molecular complexity index is 1370. The number of halogens is 2. The Hall–Kier alpha value is -3.36. The fraction of sp³-hybridized carbons (Fsp3) is 0.357. The number of rotatable bonds is 8. The number of anilines is 2. The first-order valence-electron chi connectivity index (χ1n) is 12.4. The fourth-order valence-corrected chi connectivity index (χ4v) is 5.54. The molecule has 0 aliphatic heterocycles. The molecule has 1 fully saturated rings. The molecule has 0 spiro atoms. The highest BCUT2D eigenvalue weighted by molar-refractivity contribution is 6.36. The van der Waals surface area contributed by atoms with Crippen molar-refractivity contribution in [1.29, 1.82) is 0 Å². The average Bonchev–Trinajstić information content (AvgIpc) is 2.92. The quantitative estimate of drug-likeness (QED) is 0.241. The van der Waals surface area contributed by atoms with Gasteiger partial charge in [0.15, 0.2) is 23.0 Å². The van der Waals surface area contributed by atoms with Gasteiger partial charge in [-0.15, -0.1) is 0 Å². The van der Waals surface area contributed by atoms with Crippen LogP contribution in [-0.4, -0.2) is 50.5 Å². The summed E-state index contributed by atoms with van der Waals surface area (Å²) in [6.07, 6.45) is 4.19. The number of pyridine rings is 2. The Morgan fingerprint density at radius 2 is 0.974 bits per heavy atom. The number of aromatic nitrogens is 2. The van der Waals surface area contributed by atoms with Crippen molar-refractivity contribution < 1.29 is 18.9 Å². The largest absolute Gasteiger partial charge is 0.493 e. The highest BCUT2D eigenvalue weighted by Crippen LogP contribution is 2.38. The number of benzene rings is 2. The van der Waals surface area contributed by atoms with E-state index < -0.39 is 0 Å². The first kappa shape index (κ1) is 26.3. The van der Waals surface area contributed by atoms with Crippen LogP contribution in [0.15, 0.2) is 36.4 Å². The molecule has 5 rings (SSSR count). The zero-order valence-corrected chi connectivity index (χ0v) is 23.2. The molecule has 2 atom stereocenters. The summed E-state index contributed by atoms with van der Waals surface area (Å²) in [7, 11) is 6.40. The predicted octanol–water partition coefficient (Wildman–Crippen LogP) is 6.96. The minimum absolute atomic E-state index is 0.117. The van der Waals surface area contributed by atoms with Crippen molar-refractivity contribution >= 4 is 56.6 Å². The summed E-state index contributed by atoms with van der Waals surface area (Å²) in [4.78, 5) is 9.65. The third-order valence-corrected chi connectivity index (χ3v) is 7.58. The van der Waals surface area contributed by atoms with Crippen molar-refractivity contribution in [3.8, 4) is 23.0 Å². The van der Waals surface area contributed by atoms with Crippen molar-refractivity contribution in [3.63, 3.8) is 0 Å². The van der Waals surface area contributed by atoms with Gasteiger partial charge in [-0.3, -0.25) is 0 Å². The van der Waals surface area contributed by atoms with Gasteiger partial charge < -0.3 is 29.6 Å². The summed E-state index contributed by atoms with van der Waals surface area (Å²) < 4.78 is 21.7. The van der Waals surface area contributed by atoms with Gasteiger partial charge in [-0.1, -0.05) is 36.0 Å². The van der Waals surface area contributed by atoms with Crippen LogP contribution in [0.25, 0.3) is 21.8 Å². The molecule has 2 heterocycles. The molecular formula is C28H30Cl2N4O4. The fourth-order valence-electron chi connectivity index (χ4n) is 5.03. The van der Waals surface area contributed by atoms with E-state index in [0.29, 0.717) is 44.7 Å². The molecular weight excluding hydrogens is 527 g/mol. The Balaban J connectivity index is 1.42. The molecule has 1 aliphatic rings. The van der Waals surface area contributed by atoms with Crippen LogP contribution in [0, 0.1) is 0 Å². The monoisotopic (exact) mass is 556 g/mol. The molecule has 2 aromatic heterocycles. The van der Waals surface area contributed by atoms with Crippen LogP contribution in [0.1, 0.15) is 25.7 Å². The molecule has 0 radical (unpaired) electrons. The summed E-state index contributed by atoms with van der Waals surface area (Å²) in [6.45, 7) is 0. The van der Waals surface area contributed by atoms with Gasteiger partial charge in [0, 0.05) is 35.0 Å². The molecule has 10 heteroatoms. The predicted molar refractivity (Wildman–Crippen MR) is 153 cm³/mol. The number of ether oxygens (including phenoxy) is 4. The van der Waals surface area contributed by atoms with E-state index >= 15 is 0 Å². The lowest BCUT2D eigenvalue weighted by Gasteiger charge is -2.33. The number of nitrogens with one attached hydrogen (secondary N) is 2. The Kier molecular flexibility index (Phi) is 7.72. The van der Waals surface area contributed by atoms with E-state index in [2.05, 4.69) is 10.6 Å². The molecule has 1 saturated carbocycles. The molecule has 4 aromatic rings. The number of hydrogen-bond acceptors (Lipinski definition) is 8. The summed E-state index contributed by atoms with van der Waals surface area (Å²) in [6, 6.07) is 11.3. The second-order valence-corrected chi connectivity index (χ2v) is 10.0. The lowest BCUT2D eigenvalue weighted by atomic mass is 9.90. The number of nitrogens with zero attached hydrogens (tertiary/aromatic N) is 2. The summed E-state index contributed by atoms with van der Waals surface area (Å²) in [5.74, 6) is 3.83. The first-order chi connectivity index (χ1) is 18.4. The van der Waals surface area contributed by atoms with E-state index in [9.17, 15) is 0 Å². The second kappa shape index (κ2) is 11.2. The van der Waals surface area contributed by atoms with Gasteiger partial charge >= 0.3 is 0 Å². The highest BCUT2D eigenvalue weighted by Gasteiger charge is 2.26. The normalized spacial score (nSPS) is 17.3. The van der Waals surface area contributed by atoms with Gasteiger partial charge in [0.25, 0.3) is 0 Å². The van der Waals surface area contributed by atoms with Crippen LogP contribution in [0.5, 0.6) is 23.0 Å². The van der Waals surface area contributed by atoms with Gasteiger partial charge in [-0.05, 0) is 37.1 Å². The van der Waals surface area contributed by atoms with Crippen LogP contribution in [0.4, 0.5) is 11.6 Å². The number of fused-ring (bicyclic) bond motifs is 2. The van der Waals surface area contributed by atoms with Crippen molar-refractivity contribution in [2.24, 2.45) is 0 Å². The molecule has 1 aliphatic carbocycles. The van der Waals surface area contributed by atoms with E-state index in [4.69, 9.17) is 52.1 Å². The Labute approximate surface area is 231 Å². The molecule has 200 valence electrons. The number of hydrogen-bond donors (Lipinski definition) is 2. The Morgan fingerprint density at radius 3 is 1.34 bits per heavy atom. The maximum absolute atomic E-state index is 6.65. The third-order valence-electron chi connectivity index (χ3n) is 6.96. The van der Waals surface area contributed by atoms with Crippen molar-refractivity contribution in [2.45, 2.75) is 37.8 Å². The number of methoxy groups -OCH3 is 4. The smallest absolute Gasteiger partial charge is 0.162 e. The molecule has 8 nitrogen and oxygen atoms in total. The molecule has 2 aromatic carbocycles. The Morgan fingerprint density at radius 1 is 0.605 bits per heavy atom. The third kappa shape index (κ3) is 5.15. The summed E-state index contributed by atoms with van der Waals surface area (Å²) in [5, 5.41) is 10.00. The maximum Gasteiger partial charge on any atom is 0.162 e. The topological polar surface area (TPSA) is 86.8 Å². The standard InChI is InChI=1S/C28H30Cl2N4O4/c1-35-23-9-15-17(29)11-27(33-21(15)13-25(23)37-3)31-19-7-5-6-8-20(19)32-28-12-18(30)16-10-24(36-2)26(38-4)14-22(16)34-28/h9-14,19-20H,5-8H2,1-4H3,(H,31,33)(H,32,34)/t19-,20-/m1/s1. The molecule has 38 heavy (non-hydrogen) atoms. The van der Waals surface area contributed by atoms with E-state index in [1.807, 2.05) is 36.4 Å². The zero-order chi connectivity index (χ0) is 26.8. The summed E-state index contributed by atoms with van der Waals surface area (Å²) >= 11 is 13.3. The van der Waals surface area contributed by atoms with Gasteiger partial charge in [-0.2, -0.15) is 0 Å². The maximum atomic E-state index is 6.65. The van der Waals surface area contributed by atoms with Crippen molar-refractivity contribution in [1.82, 2.24) is 9.97 Å². The van der Waals surface area contributed by atoms with Gasteiger partial charge in [-0.25, -0.2) is 9.97 Å². The molecule has 0 saturated heterocycles. The van der Waals surface area contributed by atoms with Crippen LogP contribution in [0.3, 0.4) is 0 Å². The lowest BCUT2D eigenvalue weighted by Crippen LogP contribution is -2.42. The van der Waals surface area contributed by atoms with Crippen molar-refractivity contribution in [2.75, 3.05) is 39.1 Å². The van der Waals surface area contributed by atoms with Crippen LogP contribution >= 0.6 is 23.2 Å². The summed E-state index contributed by atoms with van der Waals surface area (Å²) in [5.41, 5.74) is 1.45. The van der Waals surface area contributed by atoms with E-state index in [1.54, 1.807) is 28.4 Å². The molecule has 0 unspecified atom stereocenters. The van der Waals surface area contributed by atoms with E-state index in [0.717, 1.165) is 47.5 Å². The SMILES string of the molecule is COc1cc2nc(N[C@@H]3CCCC[C@H]3Nc3cc(Cl)c4cc(OC)c(OC)cc4n3)cc(Cl)c2cc1OC. The van der Waals surface area contributed by atoms with Gasteiger partial charge in [0.2, 0.25) is 0 Å². The lowest BCUT2D eigenvalue weighted by molar-refractivity contribution is 0.356. The van der Waals surface area contributed by atoms with Crippen LogP contribution < -0.4 is 29.6 Å². The minimum atomic E-state index is 0.117. The highest BCUT2D eigenvalue weighted by atomic mass is 35.5. The van der Waals surface area contributed by atoms with Crippen LogP contribution in [0.2, 0.25) is 10.0 Å². The second-order valence-electron chi connectivity index (χ2n) is 9.21. The van der Waals surface area contributed by atoms with Gasteiger partial charge in [0.05, 0.1) is 49.5 Å². The molecule has 2 N–H and O–H groups in total. The first-order valence-corrected chi connectivity index (χ1v) is 13.2. The van der Waals surface area contributed by atoms with E-state index in [-0.39, 0.29) is 12.1 Å². The average molecular weight is 557 g/mol. The van der Waals surface area contributed by atoms with Crippen molar-refractivity contribution in [3.05, 3.63) is 46.4 Å². The van der Waals surface area contributed by atoms with E-state index in [1.165, 1.54) is 0 Å². The van der Waals surface area contributed by atoms with Crippen LogP contribution in [-0.2, 0) is 0 Å². The van der Waals surface area contributed by atoms with Gasteiger partial charge in [0.1, 0.15) is 11.6 Å². The zero-order valence-electron chi connectivity index (χ0n) is 21.7. The molecule has 0 amide bonds. The minimum Gasteiger partial charge on any atom is -0.493 e. The molecule has 0 bridgehead atoms.